The second-order valence-electron chi connectivity index (χ2n) is 8.13. The Hall–Kier alpha value is -3.43. The van der Waals surface area contributed by atoms with Gasteiger partial charge in [0.15, 0.2) is 11.5 Å². The summed E-state index contributed by atoms with van der Waals surface area (Å²) < 4.78 is 16.0. The molecule has 35 heavy (non-hydrogen) atoms. The summed E-state index contributed by atoms with van der Waals surface area (Å²) in [4.78, 5) is 27.3. The molecule has 2 N–H and O–H groups in total. The average molecular weight is 483 g/mol. The van der Waals surface area contributed by atoms with Crippen molar-refractivity contribution in [3.63, 3.8) is 0 Å². The van der Waals surface area contributed by atoms with Crippen LogP contribution in [0.1, 0.15) is 35.2 Å². The third-order valence-corrected chi connectivity index (χ3v) is 5.81. The number of unbranched alkanes of at least 4 members (excludes halogenated alkanes) is 1. The van der Waals surface area contributed by atoms with Crippen LogP contribution in [0.25, 0.3) is 0 Å². The molecular weight excluding hydrogens is 448 g/mol. The minimum atomic E-state index is -0.314. The van der Waals surface area contributed by atoms with E-state index in [1.54, 1.807) is 44.7 Å². The summed E-state index contributed by atoms with van der Waals surface area (Å²) in [7, 11) is 3.15. The molecule has 188 valence electrons. The number of nitrogens with zero attached hydrogens (tertiary/aromatic N) is 2. The van der Waals surface area contributed by atoms with Crippen LogP contribution in [-0.2, 0) is 9.53 Å². The van der Waals surface area contributed by atoms with E-state index >= 15 is 0 Å². The molecule has 1 fully saturated rings. The average Bonchev–Trinajstić information content (AvgIpc) is 2.91. The van der Waals surface area contributed by atoms with Crippen molar-refractivity contribution >= 4 is 18.0 Å². The molecule has 0 radical (unpaired) electrons. The third-order valence-electron chi connectivity index (χ3n) is 5.81. The zero-order valence-corrected chi connectivity index (χ0v) is 20.4. The van der Waals surface area contributed by atoms with Gasteiger partial charge in [-0.25, -0.2) is 5.43 Å². The first-order chi connectivity index (χ1) is 17.1. The quantitative estimate of drug-likeness (QED) is 0.274. The van der Waals surface area contributed by atoms with Crippen molar-refractivity contribution < 1.29 is 23.8 Å². The zero-order chi connectivity index (χ0) is 24.9. The van der Waals surface area contributed by atoms with E-state index in [1.165, 1.54) is 0 Å². The van der Waals surface area contributed by atoms with Crippen LogP contribution < -0.4 is 20.2 Å². The van der Waals surface area contributed by atoms with Crippen molar-refractivity contribution in [1.29, 1.82) is 0 Å². The molecule has 0 aliphatic carbocycles. The molecule has 2 aromatic rings. The number of morpholine rings is 1. The Balaban J connectivity index is 1.51. The predicted molar refractivity (Wildman–Crippen MR) is 134 cm³/mol. The summed E-state index contributed by atoms with van der Waals surface area (Å²) in [6.45, 7) is 3.16. The van der Waals surface area contributed by atoms with E-state index in [-0.39, 0.29) is 17.9 Å². The summed E-state index contributed by atoms with van der Waals surface area (Å²) in [5.74, 6) is 0.976. The Kier molecular flexibility index (Phi) is 10.5. The summed E-state index contributed by atoms with van der Waals surface area (Å²) in [5.41, 5.74) is 4.10. The van der Waals surface area contributed by atoms with Crippen LogP contribution >= 0.6 is 0 Å². The Morgan fingerprint density at radius 1 is 1.06 bits per heavy atom. The van der Waals surface area contributed by atoms with Gasteiger partial charge in [-0.15, -0.1) is 0 Å². The molecule has 2 amide bonds. The molecule has 1 aliphatic rings. The molecule has 9 nitrogen and oxygen atoms in total. The van der Waals surface area contributed by atoms with Crippen molar-refractivity contribution in [3.8, 4) is 11.5 Å². The van der Waals surface area contributed by atoms with Gasteiger partial charge in [0.25, 0.3) is 11.8 Å². The fourth-order valence-electron chi connectivity index (χ4n) is 3.90. The number of amides is 2. The van der Waals surface area contributed by atoms with Crippen LogP contribution in [0.5, 0.6) is 11.5 Å². The lowest BCUT2D eigenvalue weighted by molar-refractivity contribution is -0.128. The lowest BCUT2D eigenvalue weighted by atomic mass is 10.1. The van der Waals surface area contributed by atoms with Gasteiger partial charge in [-0.2, -0.15) is 5.10 Å². The van der Waals surface area contributed by atoms with Crippen LogP contribution in [0.3, 0.4) is 0 Å². The number of hydrogen-bond donors (Lipinski definition) is 2. The second kappa shape index (κ2) is 14.1. The molecule has 9 heteroatoms. The van der Waals surface area contributed by atoms with Crippen LogP contribution in [0.15, 0.2) is 53.6 Å². The van der Waals surface area contributed by atoms with E-state index in [0.717, 1.165) is 18.4 Å². The number of hydrogen-bond acceptors (Lipinski definition) is 7. The van der Waals surface area contributed by atoms with Crippen LogP contribution in [0.4, 0.5) is 0 Å². The fraction of sp³-hybridized carbons (Fsp3) is 0.423. The molecule has 1 heterocycles. The monoisotopic (exact) mass is 482 g/mol. The van der Waals surface area contributed by atoms with Gasteiger partial charge in [0, 0.05) is 25.2 Å². The number of carbonyl (C=O) groups is 2. The molecule has 0 aromatic heterocycles. The molecule has 0 bridgehead atoms. The number of methoxy groups -OCH3 is 2. The first kappa shape index (κ1) is 26.2. The Labute approximate surface area is 206 Å². The first-order valence-corrected chi connectivity index (χ1v) is 11.8. The largest absolute Gasteiger partial charge is 0.493 e. The van der Waals surface area contributed by atoms with Gasteiger partial charge < -0.3 is 19.5 Å². The molecule has 0 spiro atoms. The maximum atomic E-state index is 13.0. The summed E-state index contributed by atoms with van der Waals surface area (Å²) in [6.07, 6.45) is 3.82. The number of rotatable bonds is 12. The molecule has 1 aliphatic heterocycles. The van der Waals surface area contributed by atoms with Gasteiger partial charge in [0.05, 0.1) is 39.7 Å². The van der Waals surface area contributed by atoms with E-state index in [2.05, 4.69) is 20.7 Å². The van der Waals surface area contributed by atoms with Crippen LogP contribution in [0.2, 0.25) is 0 Å². The SMILES string of the molecule is COc1ccc(/C=N/NC(=O)C(CCCCNC(=O)c2ccccc2)N2CCOCC2)cc1OC. The molecule has 0 saturated carbocycles. The summed E-state index contributed by atoms with van der Waals surface area (Å²) in [5, 5.41) is 7.09. The molecule has 1 unspecified atom stereocenters. The Bertz CT molecular complexity index is 977. The zero-order valence-electron chi connectivity index (χ0n) is 20.4. The van der Waals surface area contributed by atoms with Crippen molar-refractivity contribution in [2.75, 3.05) is 47.1 Å². The minimum absolute atomic E-state index is 0.0856. The standard InChI is InChI=1S/C26H34N4O5/c1-33-23-12-11-20(18-24(23)34-2)19-28-29-26(32)22(30-14-16-35-17-15-30)10-6-7-13-27-25(31)21-8-4-3-5-9-21/h3-5,8-9,11-12,18-19,22H,6-7,10,13-17H2,1-2H3,(H,27,31)(H,29,32)/b28-19+. The van der Waals surface area contributed by atoms with E-state index in [9.17, 15) is 9.59 Å². The molecular formula is C26H34N4O5. The van der Waals surface area contributed by atoms with Gasteiger partial charge >= 0.3 is 0 Å². The Morgan fingerprint density at radius 3 is 2.51 bits per heavy atom. The maximum absolute atomic E-state index is 13.0. The lowest BCUT2D eigenvalue weighted by Gasteiger charge is -2.33. The van der Waals surface area contributed by atoms with Gasteiger partial charge in [0.1, 0.15) is 0 Å². The van der Waals surface area contributed by atoms with Crippen molar-refractivity contribution in [1.82, 2.24) is 15.6 Å². The van der Waals surface area contributed by atoms with Gasteiger partial charge in [0.2, 0.25) is 0 Å². The number of hydrazone groups is 1. The molecule has 1 saturated heterocycles. The summed E-state index contributed by atoms with van der Waals surface area (Å²) in [6, 6.07) is 14.2. The number of carbonyl (C=O) groups excluding carboxylic acids is 2. The fourth-order valence-corrected chi connectivity index (χ4v) is 3.90. The third kappa shape index (κ3) is 8.08. The summed E-state index contributed by atoms with van der Waals surface area (Å²) >= 11 is 0. The van der Waals surface area contributed by atoms with Gasteiger partial charge in [-0.3, -0.25) is 14.5 Å². The number of ether oxygens (including phenoxy) is 3. The minimum Gasteiger partial charge on any atom is -0.493 e. The second-order valence-corrected chi connectivity index (χ2v) is 8.13. The molecule has 3 rings (SSSR count). The van der Waals surface area contributed by atoms with E-state index in [4.69, 9.17) is 14.2 Å². The van der Waals surface area contributed by atoms with E-state index in [1.807, 2.05) is 24.3 Å². The van der Waals surface area contributed by atoms with E-state index < -0.39 is 0 Å². The highest BCUT2D eigenvalue weighted by atomic mass is 16.5. The first-order valence-electron chi connectivity index (χ1n) is 11.8. The van der Waals surface area contributed by atoms with Gasteiger partial charge in [-0.05, 0) is 55.2 Å². The van der Waals surface area contributed by atoms with Crippen LogP contribution in [0, 0.1) is 0 Å². The van der Waals surface area contributed by atoms with Crippen molar-refractivity contribution in [2.45, 2.75) is 25.3 Å². The van der Waals surface area contributed by atoms with Gasteiger partial charge in [-0.1, -0.05) is 18.2 Å². The highest BCUT2D eigenvalue weighted by Gasteiger charge is 2.26. The van der Waals surface area contributed by atoms with Crippen molar-refractivity contribution in [3.05, 3.63) is 59.7 Å². The van der Waals surface area contributed by atoms with Crippen LogP contribution in [-0.4, -0.2) is 76.0 Å². The van der Waals surface area contributed by atoms with Crippen molar-refractivity contribution in [2.24, 2.45) is 5.10 Å². The number of benzene rings is 2. The topological polar surface area (TPSA) is 101 Å². The lowest BCUT2D eigenvalue weighted by Crippen LogP contribution is -2.50. The smallest absolute Gasteiger partial charge is 0.257 e. The Morgan fingerprint density at radius 2 is 1.80 bits per heavy atom. The predicted octanol–water partition coefficient (Wildman–Crippen LogP) is 2.46. The maximum Gasteiger partial charge on any atom is 0.257 e. The van der Waals surface area contributed by atoms with E-state index in [0.29, 0.717) is 56.3 Å². The highest BCUT2D eigenvalue weighted by molar-refractivity contribution is 5.94. The normalized spacial score (nSPS) is 14.9. The highest BCUT2D eigenvalue weighted by Crippen LogP contribution is 2.26. The number of nitrogens with one attached hydrogen (secondary N) is 2. The molecule has 1 atom stereocenters. The molecule has 2 aromatic carbocycles.